The largest absolute Gasteiger partial charge is 0.493 e. The maximum absolute atomic E-state index is 12.4. The molecule has 0 atom stereocenters. The van der Waals surface area contributed by atoms with Crippen LogP contribution in [0.15, 0.2) is 47.4 Å². The van der Waals surface area contributed by atoms with Crippen LogP contribution in [0.3, 0.4) is 0 Å². The number of carbonyl (C=O) groups is 2. The number of amides is 3. The van der Waals surface area contributed by atoms with Crippen molar-refractivity contribution in [2.75, 3.05) is 14.2 Å². The van der Waals surface area contributed by atoms with Crippen LogP contribution in [0.25, 0.3) is 0 Å². The van der Waals surface area contributed by atoms with Crippen LogP contribution in [0, 0.1) is 0 Å². The Balaban J connectivity index is 2.15. The summed E-state index contributed by atoms with van der Waals surface area (Å²) in [5.74, 6) is -0.0960. The Hall–Kier alpha value is -3.27. The molecule has 0 aliphatic heterocycles. The number of carbonyl (C=O) groups excluding carboxylic acids is 2. The number of benzene rings is 2. The van der Waals surface area contributed by atoms with Gasteiger partial charge in [-0.15, -0.1) is 0 Å². The number of nitrogens with two attached hydrogens (primary N) is 1. The van der Waals surface area contributed by atoms with E-state index in [-0.39, 0.29) is 17.0 Å². The molecule has 2 aromatic carbocycles. The highest BCUT2D eigenvalue weighted by atomic mass is 32.2. The minimum Gasteiger partial charge on any atom is -0.493 e. The lowest BCUT2D eigenvalue weighted by molar-refractivity contribution is 0.0981. The zero-order valence-corrected chi connectivity index (χ0v) is 15.5. The van der Waals surface area contributed by atoms with E-state index in [1.807, 2.05) is 4.72 Å². The maximum atomic E-state index is 12.4. The van der Waals surface area contributed by atoms with Crippen LogP contribution in [0.2, 0.25) is 0 Å². The number of rotatable bonds is 7. The third-order valence-electron chi connectivity index (χ3n) is 3.57. The highest BCUT2D eigenvalue weighted by Gasteiger charge is 2.20. The van der Waals surface area contributed by atoms with Gasteiger partial charge in [0, 0.05) is 12.1 Å². The van der Waals surface area contributed by atoms with E-state index in [0.29, 0.717) is 17.1 Å². The van der Waals surface area contributed by atoms with Gasteiger partial charge >= 0.3 is 6.03 Å². The van der Waals surface area contributed by atoms with Crippen molar-refractivity contribution >= 4 is 22.0 Å². The fourth-order valence-corrected chi connectivity index (χ4v) is 3.17. The molecule has 3 amide bonds. The molecule has 0 saturated heterocycles. The van der Waals surface area contributed by atoms with Crippen molar-refractivity contribution in [1.29, 1.82) is 0 Å². The Kier molecular flexibility index (Phi) is 6.24. The first-order valence-corrected chi connectivity index (χ1v) is 9.16. The molecule has 10 heteroatoms. The molecule has 144 valence electrons. The van der Waals surface area contributed by atoms with E-state index >= 15 is 0 Å². The van der Waals surface area contributed by atoms with Crippen molar-refractivity contribution in [1.82, 2.24) is 10.0 Å². The molecule has 4 N–H and O–H groups in total. The fourth-order valence-electron chi connectivity index (χ4n) is 2.19. The molecule has 27 heavy (non-hydrogen) atoms. The number of urea groups is 1. The first-order chi connectivity index (χ1) is 12.8. The number of methoxy groups -OCH3 is 2. The number of ether oxygens (including phenoxy) is 2. The molecule has 0 saturated carbocycles. The van der Waals surface area contributed by atoms with Crippen molar-refractivity contribution < 1.29 is 27.5 Å². The third kappa shape index (κ3) is 5.11. The summed E-state index contributed by atoms with van der Waals surface area (Å²) in [6.45, 7) is 0.160. The van der Waals surface area contributed by atoms with Crippen molar-refractivity contribution in [2.24, 2.45) is 5.73 Å². The van der Waals surface area contributed by atoms with Crippen molar-refractivity contribution in [3.8, 4) is 11.5 Å². The number of hydrogen-bond donors (Lipinski definition) is 3. The van der Waals surface area contributed by atoms with Crippen LogP contribution in [0.5, 0.6) is 11.5 Å². The first kappa shape index (κ1) is 20.0. The predicted molar refractivity (Wildman–Crippen MR) is 97.1 cm³/mol. The summed E-state index contributed by atoms with van der Waals surface area (Å²) in [5.41, 5.74) is 5.73. The van der Waals surface area contributed by atoms with Gasteiger partial charge in [-0.05, 0) is 35.9 Å². The van der Waals surface area contributed by atoms with Gasteiger partial charge in [0.25, 0.3) is 15.9 Å². The molecule has 0 heterocycles. The molecular weight excluding hydrogens is 374 g/mol. The van der Waals surface area contributed by atoms with Crippen LogP contribution in [0.4, 0.5) is 4.79 Å². The minimum atomic E-state index is -4.07. The zero-order valence-electron chi connectivity index (χ0n) is 14.7. The molecule has 0 aliphatic rings. The number of hydrogen-bond acceptors (Lipinski definition) is 6. The van der Waals surface area contributed by atoms with Gasteiger partial charge in [-0.25, -0.2) is 17.9 Å². The lowest BCUT2D eigenvalue weighted by Crippen LogP contribution is -2.30. The zero-order chi connectivity index (χ0) is 20.0. The molecular formula is C17H19N3O6S. The van der Waals surface area contributed by atoms with Crippen LogP contribution in [-0.4, -0.2) is 34.6 Å². The third-order valence-corrected chi connectivity index (χ3v) is 4.92. The number of primary amides is 1. The van der Waals surface area contributed by atoms with Gasteiger partial charge in [-0.1, -0.05) is 12.1 Å². The Labute approximate surface area is 156 Å². The lowest BCUT2D eigenvalue weighted by atomic mass is 10.2. The standard InChI is InChI=1S/C17H19N3O6S/c1-25-14-8-5-12(9-15(14)26-2)16(21)20-27(23,24)13-6-3-11(4-7-13)10-19-17(18)22/h3-9H,10H2,1-2H3,(H,20,21)(H3,18,19,22). The van der Waals surface area contributed by atoms with Crippen molar-refractivity contribution in [3.05, 3.63) is 53.6 Å². The molecule has 0 bridgehead atoms. The average molecular weight is 393 g/mol. The SMILES string of the molecule is COc1ccc(C(=O)NS(=O)(=O)c2ccc(CNC(N)=O)cc2)cc1OC. The molecule has 0 aliphatic carbocycles. The predicted octanol–water partition coefficient (Wildman–Crippen LogP) is 0.991. The van der Waals surface area contributed by atoms with Gasteiger partial charge in [0.1, 0.15) is 0 Å². The molecule has 0 radical (unpaired) electrons. The van der Waals surface area contributed by atoms with E-state index in [0.717, 1.165) is 0 Å². The van der Waals surface area contributed by atoms with Gasteiger partial charge < -0.3 is 20.5 Å². The summed E-state index contributed by atoms with van der Waals surface area (Å²) in [6.07, 6.45) is 0. The number of nitrogens with one attached hydrogen (secondary N) is 2. The van der Waals surface area contributed by atoms with Gasteiger partial charge in [0.15, 0.2) is 11.5 Å². The summed E-state index contributed by atoms with van der Waals surface area (Å²) in [5, 5.41) is 2.39. The van der Waals surface area contributed by atoms with Gasteiger partial charge in [0.05, 0.1) is 19.1 Å². The number of sulfonamides is 1. The normalized spacial score (nSPS) is 10.7. The second kappa shape index (κ2) is 8.41. The highest BCUT2D eigenvalue weighted by molar-refractivity contribution is 7.90. The van der Waals surface area contributed by atoms with Gasteiger partial charge in [0.2, 0.25) is 0 Å². The molecule has 2 rings (SSSR count). The molecule has 0 aromatic heterocycles. The molecule has 0 spiro atoms. The molecule has 9 nitrogen and oxygen atoms in total. The van der Waals surface area contributed by atoms with Crippen LogP contribution in [0.1, 0.15) is 15.9 Å². The summed E-state index contributed by atoms with van der Waals surface area (Å²) in [7, 11) is -1.22. The topological polar surface area (TPSA) is 137 Å². The minimum absolute atomic E-state index is 0.0958. The van der Waals surface area contributed by atoms with E-state index in [4.69, 9.17) is 15.2 Å². The summed E-state index contributed by atoms with van der Waals surface area (Å²) in [4.78, 5) is 22.9. The van der Waals surface area contributed by atoms with E-state index in [1.165, 1.54) is 56.7 Å². The Bertz CT molecular complexity index is 942. The highest BCUT2D eigenvalue weighted by Crippen LogP contribution is 2.27. The second-order valence-electron chi connectivity index (χ2n) is 5.37. The van der Waals surface area contributed by atoms with E-state index < -0.39 is 22.0 Å². The van der Waals surface area contributed by atoms with Gasteiger partial charge in [-0.3, -0.25) is 4.79 Å². The Morgan fingerprint density at radius 1 is 1.00 bits per heavy atom. The average Bonchev–Trinajstić information content (AvgIpc) is 2.65. The fraction of sp³-hybridized carbons (Fsp3) is 0.176. The van der Waals surface area contributed by atoms with Crippen LogP contribution < -0.4 is 25.2 Å². The second-order valence-corrected chi connectivity index (χ2v) is 7.05. The summed E-state index contributed by atoms with van der Waals surface area (Å²) < 4.78 is 37.0. The van der Waals surface area contributed by atoms with E-state index in [9.17, 15) is 18.0 Å². The summed E-state index contributed by atoms with van der Waals surface area (Å²) in [6, 6.07) is 9.27. The molecule has 2 aromatic rings. The smallest absolute Gasteiger partial charge is 0.312 e. The van der Waals surface area contributed by atoms with Crippen LogP contribution >= 0.6 is 0 Å². The van der Waals surface area contributed by atoms with Crippen molar-refractivity contribution in [3.63, 3.8) is 0 Å². The molecule has 0 fully saturated rings. The van der Waals surface area contributed by atoms with E-state index in [2.05, 4.69) is 5.32 Å². The summed E-state index contributed by atoms with van der Waals surface area (Å²) >= 11 is 0. The van der Waals surface area contributed by atoms with Crippen LogP contribution in [-0.2, 0) is 16.6 Å². The van der Waals surface area contributed by atoms with Crippen molar-refractivity contribution in [2.45, 2.75) is 11.4 Å². The maximum Gasteiger partial charge on any atom is 0.312 e. The van der Waals surface area contributed by atoms with Gasteiger partial charge in [-0.2, -0.15) is 0 Å². The molecule has 0 unspecified atom stereocenters. The monoisotopic (exact) mass is 393 g/mol. The van der Waals surface area contributed by atoms with E-state index in [1.54, 1.807) is 0 Å². The quantitative estimate of drug-likeness (QED) is 0.642. The lowest BCUT2D eigenvalue weighted by Gasteiger charge is -2.11. The Morgan fingerprint density at radius 2 is 1.63 bits per heavy atom. The Morgan fingerprint density at radius 3 is 2.19 bits per heavy atom. The first-order valence-electron chi connectivity index (χ1n) is 7.68.